The normalized spacial score (nSPS) is 14.6. The Hall–Kier alpha value is -0.0400. The van der Waals surface area contributed by atoms with Crippen molar-refractivity contribution in [2.24, 2.45) is 10.4 Å². The van der Waals surface area contributed by atoms with Gasteiger partial charge in [0.2, 0.25) is 0 Å². The molecule has 116 valence electrons. The molecule has 2 N–H and O–H groups in total. The van der Waals surface area contributed by atoms with Crippen molar-refractivity contribution >= 4 is 29.9 Å². The zero-order valence-electron chi connectivity index (χ0n) is 13.8. The predicted molar refractivity (Wildman–Crippen MR) is 94.5 cm³/mol. The first-order valence-electron chi connectivity index (χ1n) is 6.69. The fraction of sp³-hybridized carbons (Fsp3) is 0.929. The van der Waals surface area contributed by atoms with Gasteiger partial charge in [0.1, 0.15) is 0 Å². The first-order valence-corrected chi connectivity index (χ1v) is 6.69. The molecule has 0 saturated carbocycles. The summed E-state index contributed by atoms with van der Waals surface area (Å²) in [6.07, 6.45) is 0.118. The van der Waals surface area contributed by atoms with Crippen molar-refractivity contribution in [1.29, 1.82) is 0 Å². The average Bonchev–Trinajstić information content (AvgIpc) is 2.14. The molecule has 0 bridgehead atoms. The number of hydrogen-bond donors (Lipinski definition) is 2. The van der Waals surface area contributed by atoms with Gasteiger partial charge in [-0.05, 0) is 33.1 Å². The van der Waals surface area contributed by atoms with E-state index >= 15 is 0 Å². The maximum absolute atomic E-state index is 5.51. The first-order chi connectivity index (χ1) is 8.10. The van der Waals surface area contributed by atoms with Crippen LogP contribution in [0, 0.1) is 5.41 Å². The van der Waals surface area contributed by atoms with Crippen molar-refractivity contribution < 1.29 is 4.74 Å². The van der Waals surface area contributed by atoms with Gasteiger partial charge in [-0.2, -0.15) is 0 Å². The van der Waals surface area contributed by atoms with Crippen molar-refractivity contribution in [3.05, 3.63) is 0 Å². The van der Waals surface area contributed by atoms with Crippen LogP contribution in [0.25, 0.3) is 0 Å². The van der Waals surface area contributed by atoms with Crippen LogP contribution in [0.5, 0.6) is 0 Å². The molecule has 0 aromatic carbocycles. The van der Waals surface area contributed by atoms with Crippen molar-refractivity contribution in [1.82, 2.24) is 10.6 Å². The molecule has 4 nitrogen and oxygen atoms in total. The topological polar surface area (TPSA) is 45.7 Å². The van der Waals surface area contributed by atoms with E-state index in [0.29, 0.717) is 6.54 Å². The fourth-order valence-electron chi connectivity index (χ4n) is 1.54. The summed E-state index contributed by atoms with van der Waals surface area (Å²) in [7, 11) is 1.75. The van der Waals surface area contributed by atoms with Gasteiger partial charge in [0.05, 0.1) is 12.6 Å². The molecule has 1 unspecified atom stereocenters. The minimum absolute atomic E-state index is 0. The summed E-state index contributed by atoms with van der Waals surface area (Å²) in [5.74, 6) is 0.844. The molecule has 19 heavy (non-hydrogen) atoms. The van der Waals surface area contributed by atoms with Crippen LogP contribution >= 0.6 is 24.0 Å². The number of nitrogens with one attached hydrogen (secondary N) is 2. The van der Waals surface area contributed by atoms with Crippen LogP contribution in [-0.4, -0.2) is 37.8 Å². The monoisotopic (exact) mass is 385 g/mol. The van der Waals surface area contributed by atoms with Crippen LogP contribution in [0.15, 0.2) is 4.99 Å². The molecule has 1 atom stereocenters. The molecule has 0 aliphatic heterocycles. The zero-order valence-corrected chi connectivity index (χ0v) is 16.1. The largest absolute Gasteiger partial charge is 0.379 e. The molecule has 0 fully saturated rings. The van der Waals surface area contributed by atoms with Crippen LogP contribution in [0.4, 0.5) is 0 Å². The van der Waals surface area contributed by atoms with Crippen LogP contribution in [0.1, 0.15) is 48.5 Å². The lowest BCUT2D eigenvalue weighted by Crippen LogP contribution is -2.48. The van der Waals surface area contributed by atoms with E-state index in [0.717, 1.165) is 12.5 Å². The first kappa shape index (κ1) is 21.3. The Morgan fingerprint density at radius 3 is 2.00 bits per heavy atom. The van der Waals surface area contributed by atoms with E-state index in [9.17, 15) is 0 Å². The molecule has 0 amide bonds. The second-order valence-corrected chi connectivity index (χ2v) is 6.68. The number of methoxy groups -OCH3 is 1. The Bertz CT molecular complexity index is 267. The van der Waals surface area contributed by atoms with Crippen LogP contribution in [0.3, 0.4) is 0 Å². The minimum atomic E-state index is 0. The molecule has 0 aromatic heterocycles. The quantitative estimate of drug-likeness (QED) is 0.444. The van der Waals surface area contributed by atoms with Gasteiger partial charge < -0.3 is 15.4 Å². The maximum Gasteiger partial charge on any atom is 0.191 e. The molecule has 0 rings (SSSR count). The van der Waals surface area contributed by atoms with Gasteiger partial charge in [-0.3, -0.25) is 4.99 Å². The Morgan fingerprint density at radius 2 is 1.68 bits per heavy atom. The highest BCUT2D eigenvalue weighted by atomic mass is 127. The number of rotatable bonds is 4. The van der Waals surface area contributed by atoms with Gasteiger partial charge in [-0.25, -0.2) is 0 Å². The molecule has 0 aliphatic rings. The summed E-state index contributed by atoms with van der Waals surface area (Å²) in [5, 5.41) is 6.62. The fourth-order valence-corrected chi connectivity index (χ4v) is 1.54. The third-order valence-electron chi connectivity index (χ3n) is 2.50. The third-order valence-corrected chi connectivity index (χ3v) is 2.50. The predicted octanol–water partition coefficient (Wildman–Crippen LogP) is 3.02. The molecule has 0 radical (unpaired) electrons. The second kappa shape index (κ2) is 9.00. The summed E-state index contributed by atoms with van der Waals surface area (Å²) < 4.78 is 5.51. The van der Waals surface area contributed by atoms with E-state index < -0.39 is 0 Å². The van der Waals surface area contributed by atoms with Crippen LogP contribution in [-0.2, 0) is 4.74 Å². The highest BCUT2D eigenvalue weighted by Crippen LogP contribution is 2.21. The maximum atomic E-state index is 5.51. The van der Waals surface area contributed by atoms with E-state index in [1.165, 1.54) is 0 Å². The summed E-state index contributed by atoms with van der Waals surface area (Å²) >= 11 is 0. The van der Waals surface area contributed by atoms with Crippen molar-refractivity contribution in [2.45, 2.75) is 60.1 Å². The number of nitrogens with zero attached hydrogens (tertiary/aromatic N) is 1. The Morgan fingerprint density at radius 1 is 1.16 bits per heavy atom. The molecule has 0 saturated heterocycles. The second-order valence-electron chi connectivity index (χ2n) is 6.68. The van der Waals surface area contributed by atoms with Crippen LogP contribution < -0.4 is 10.6 Å². The van der Waals surface area contributed by atoms with Gasteiger partial charge in [0.15, 0.2) is 5.96 Å². The standard InChI is InChI=1S/C14H31N3O.HI/c1-9-15-12(17-14(5,6)7)16-10-11(18-8)13(2,3)4;/h11H,9-10H2,1-8H3,(H2,15,16,17);1H. The summed E-state index contributed by atoms with van der Waals surface area (Å²) in [6, 6.07) is 0. The lowest BCUT2D eigenvalue weighted by atomic mass is 9.89. The highest BCUT2D eigenvalue weighted by Gasteiger charge is 2.24. The van der Waals surface area contributed by atoms with Gasteiger partial charge >= 0.3 is 0 Å². The number of guanidine groups is 1. The molecular weight excluding hydrogens is 353 g/mol. The van der Waals surface area contributed by atoms with Gasteiger partial charge in [-0.15, -0.1) is 24.0 Å². The van der Waals surface area contributed by atoms with Crippen molar-refractivity contribution in [2.75, 3.05) is 20.2 Å². The average molecular weight is 385 g/mol. The van der Waals surface area contributed by atoms with E-state index in [1.807, 2.05) is 0 Å². The Labute approximate surface area is 136 Å². The Balaban J connectivity index is 0. The number of aliphatic imine (C=N–C) groups is 1. The van der Waals surface area contributed by atoms with Crippen molar-refractivity contribution in [3.8, 4) is 0 Å². The SMILES string of the molecule is CCNC(=NCC(OC)C(C)(C)C)NC(C)(C)C.I. The van der Waals surface area contributed by atoms with E-state index in [4.69, 9.17) is 4.74 Å². The van der Waals surface area contributed by atoms with Gasteiger partial charge in [-0.1, -0.05) is 20.8 Å². The number of ether oxygens (including phenoxy) is 1. The zero-order chi connectivity index (χ0) is 14.4. The molecule has 0 heterocycles. The molecule has 0 aromatic rings. The lowest BCUT2D eigenvalue weighted by Gasteiger charge is -2.29. The van der Waals surface area contributed by atoms with E-state index in [-0.39, 0.29) is 41.0 Å². The summed E-state index contributed by atoms with van der Waals surface area (Å²) in [6.45, 7) is 16.5. The molecular formula is C14H32IN3O. The Kier molecular flexibility index (Phi) is 10.1. The van der Waals surface area contributed by atoms with Crippen LogP contribution in [0.2, 0.25) is 0 Å². The van der Waals surface area contributed by atoms with E-state index in [2.05, 4.69) is 64.1 Å². The highest BCUT2D eigenvalue weighted by molar-refractivity contribution is 14.0. The van der Waals surface area contributed by atoms with Gasteiger partial charge in [0, 0.05) is 19.2 Å². The molecule has 0 spiro atoms. The molecule has 0 aliphatic carbocycles. The molecule has 5 heteroatoms. The summed E-state index contributed by atoms with van der Waals surface area (Å²) in [5.41, 5.74) is 0.0998. The minimum Gasteiger partial charge on any atom is -0.379 e. The lowest BCUT2D eigenvalue weighted by molar-refractivity contribution is 0.0241. The van der Waals surface area contributed by atoms with Gasteiger partial charge in [0.25, 0.3) is 0 Å². The van der Waals surface area contributed by atoms with E-state index in [1.54, 1.807) is 7.11 Å². The smallest absolute Gasteiger partial charge is 0.191 e. The summed E-state index contributed by atoms with van der Waals surface area (Å²) in [4.78, 5) is 4.61. The number of halogens is 1. The third kappa shape index (κ3) is 10.4. The van der Waals surface area contributed by atoms with Crippen molar-refractivity contribution in [3.63, 3.8) is 0 Å². The number of hydrogen-bond acceptors (Lipinski definition) is 2.